The molecule has 0 bridgehead atoms. The average molecular weight is 190 g/mol. The molecule has 0 rings (SSSR count). The molecule has 4 heteroatoms. The van der Waals surface area contributed by atoms with Crippen LogP contribution in [0.2, 0.25) is 4.05 Å². The van der Waals surface area contributed by atoms with E-state index in [1.807, 2.05) is 21.7 Å². The molecule has 0 aliphatic heterocycles. The van der Waals surface area contributed by atoms with Crippen molar-refractivity contribution in [1.82, 2.24) is 0 Å². The number of hydrogen-bond donors (Lipinski definition) is 0. The number of halogens is 2. The first-order chi connectivity index (χ1) is 1.73. The van der Waals surface area contributed by atoms with Crippen LogP contribution < -0.4 is 48.2 Å². The Bertz CT molecular complexity index is 19.7. The Morgan fingerprint density at radius 3 is 1.29 bits per heavy atom. The molecule has 0 unspecified atom stereocenters. The van der Waals surface area contributed by atoms with Gasteiger partial charge in [-0.15, -0.1) is 0 Å². The Balaban J connectivity index is -0.0000000150. The maximum Gasteiger partial charge on any atom is 1.00 e. The van der Waals surface area contributed by atoms with E-state index in [-0.39, 0.29) is 48.2 Å². The normalized spacial score (nSPS) is 5.29. The Labute approximate surface area is 87.0 Å². The third-order valence-electron chi connectivity index (χ3n) is 0. The molecule has 0 spiro atoms. The molecule has 0 aliphatic carbocycles. The van der Waals surface area contributed by atoms with Crippen LogP contribution in [0.4, 0.5) is 0 Å². The molecule has 0 aromatic heterocycles. The average Bonchev–Trinajstić information content (AvgIpc) is 0.811. The van der Waals surface area contributed by atoms with E-state index < -0.39 is 0 Å². The van der Waals surface area contributed by atoms with E-state index in [0.717, 1.165) is 4.05 Å². The second kappa shape index (κ2) is 15.7. The SMILES string of the molecule is C[CH](C)[Mg+].[Br-].[Cl-].[Li+]. The van der Waals surface area contributed by atoms with Crippen molar-refractivity contribution >= 4 is 21.7 Å². The molecule has 0 saturated heterocycles. The fourth-order valence-corrected chi connectivity index (χ4v) is 0. The van der Waals surface area contributed by atoms with Crippen molar-refractivity contribution in [2.24, 2.45) is 0 Å². The summed E-state index contributed by atoms with van der Waals surface area (Å²) in [5, 5.41) is 0. The van der Waals surface area contributed by atoms with Crippen LogP contribution in [0.3, 0.4) is 0 Å². The Kier molecular flexibility index (Phi) is 51.4. The molecule has 0 nitrogen and oxygen atoms in total. The molecule has 0 aromatic rings. The van der Waals surface area contributed by atoms with Gasteiger partial charge in [0, 0.05) is 0 Å². The molecule has 0 amide bonds. The summed E-state index contributed by atoms with van der Waals surface area (Å²) in [6.07, 6.45) is 0. The summed E-state index contributed by atoms with van der Waals surface area (Å²) in [6, 6.07) is 0. The molecular weight excluding hydrogens is 183 g/mol. The van der Waals surface area contributed by atoms with E-state index >= 15 is 0 Å². The molecule has 7 heavy (non-hydrogen) atoms. The summed E-state index contributed by atoms with van der Waals surface area (Å²) in [5.74, 6) is 0. The summed E-state index contributed by atoms with van der Waals surface area (Å²) >= 11 is 2.00. The van der Waals surface area contributed by atoms with Gasteiger partial charge in [0.05, 0.1) is 0 Å². The van der Waals surface area contributed by atoms with Crippen molar-refractivity contribution in [2.75, 3.05) is 0 Å². The van der Waals surface area contributed by atoms with Gasteiger partial charge < -0.3 is 29.4 Å². The summed E-state index contributed by atoms with van der Waals surface area (Å²) in [6.45, 7) is 4.36. The van der Waals surface area contributed by atoms with Gasteiger partial charge in [0.15, 0.2) is 0 Å². The van der Waals surface area contributed by atoms with Gasteiger partial charge >= 0.3 is 58.5 Å². The maximum atomic E-state index is 2.18. The Morgan fingerprint density at radius 2 is 1.29 bits per heavy atom. The van der Waals surface area contributed by atoms with Crippen LogP contribution in [0.15, 0.2) is 0 Å². The summed E-state index contributed by atoms with van der Waals surface area (Å²) in [4.78, 5) is 0. The van der Waals surface area contributed by atoms with Gasteiger partial charge in [-0.1, -0.05) is 0 Å². The molecule has 0 aliphatic rings. The first-order valence-electron chi connectivity index (χ1n) is 1.56. The van der Waals surface area contributed by atoms with Gasteiger partial charge in [-0.2, -0.15) is 0 Å². The summed E-state index contributed by atoms with van der Waals surface area (Å²) in [7, 11) is 0. The van der Waals surface area contributed by atoms with Crippen LogP contribution in [0, 0.1) is 0 Å². The van der Waals surface area contributed by atoms with Gasteiger partial charge in [0.25, 0.3) is 0 Å². The van der Waals surface area contributed by atoms with Gasteiger partial charge in [-0.25, -0.2) is 0 Å². The third kappa shape index (κ3) is 67.2. The number of rotatable bonds is 0. The molecule has 36 valence electrons. The number of hydrogen-bond acceptors (Lipinski definition) is 0. The molecule has 0 heterocycles. The zero-order chi connectivity index (χ0) is 3.58. The van der Waals surface area contributed by atoms with Crippen molar-refractivity contribution < 1.29 is 48.2 Å². The largest absolute Gasteiger partial charge is 1.00 e. The van der Waals surface area contributed by atoms with Crippen LogP contribution in [0.25, 0.3) is 0 Å². The van der Waals surface area contributed by atoms with Crippen molar-refractivity contribution in [3.05, 3.63) is 0 Å². The van der Waals surface area contributed by atoms with Gasteiger partial charge in [0.2, 0.25) is 0 Å². The third-order valence-corrected chi connectivity index (χ3v) is 0. The fraction of sp³-hybridized carbons (Fsp3) is 1.00. The van der Waals surface area contributed by atoms with E-state index in [4.69, 9.17) is 0 Å². The van der Waals surface area contributed by atoms with Gasteiger partial charge in [-0.05, 0) is 0 Å². The Morgan fingerprint density at radius 1 is 1.29 bits per heavy atom. The molecular formula is C3H7BrClLiMg. The predicted octanol–water partition coefficient (Wildman–Crippen LogP) is -8.00. The molecule has 0 saturated carbocycles. The van der Waals surface area contributed by atoms with E-state index in [0.29, 0.717) is 0 Å². The smallest absolute Gasteiger partial charge is 1.00 e. The summed E-state index contributed by atoms with van der Waals surface area (Å²) in [5.41, 5.74) is 0. The van der Waals surface area contributed by atoms with Crippen molar-refractivity contribution in [3.8, 4) is 0 Å². The molecule has 0 fully saturated rings. The van der Waals surface area contributed by atoms with Crippen molar-refractivity contribution in [2.45, 2.75) is 17.9 Å². The van der Waals surface area contributed by atoms with Crippen LogP contribution in [0.1, 0.15) is 13.8 Å². The quantitative estimate of drug-likeness (QED) is 0.332. The minimum Gasteiger partial charge on any atom is -1.00 e. The molecule has 0 atom stereocenters. The zero-order valence-electron chi connectivity index (χ0n) is 5.04. The topological polar surface area (TPSA) is 0 Å². The monoisotopic (exact) mass is 188 g/mol. The van der Waals surface area contributed by atoms with Crippen molar-refractivity contribution in [3.63, 3.8) is 0 Å². The van der Waals surface area contributed by atoms with Crippen molar-refractivity contribution in [1.29, 1.82) is 0 Å². The summed E-state index contributed by atoms with van der Waals surface area (Å²) < 4.78 is 0.861. The van der Waals surface area contributed by atoms with E-state index in [1.165, 1.54) is 0 Å². The van der Waals surface area contributed by atoms with E-state index in [9.17, 15) is 0 Å². The van der Waals surface area contributed by atoms with E-state index in [1.54, 1.807) is 0 Å². The first-order valence-corrected chi connectivity index (χ1v) is 2.38. The van der Waals surface area contributed by atoms with Crippen LogP contribution in [-0.4, -0.2) is 21.7 Å². The second-order valence-electron chi connectivity index (χ2n) is 1.39. The second-order valence-corrected chi connectivity index (χ2v) is 3.03. The first kappa shape index (κ1) is 22.9. The van der Waals surface area contributed by atoms with Crippen LogP contribution >= 0.6 is 0 Å². The minimum absolute atomic E-state index is 0. The Hall–Kier alpha value is 2.13. The van der Waals surface area contributed by atoms with Crippen LogP contribution in [-0.2, 0) is 0 Å². The molecule has 0 N–H and O–H groups in total. The molecule has 0 radical (unpaired) electrons. The van der Waals surface area contributed by atoms with Gasteiger partial charge in [0.1, 0.15) is 0 Å². The fourth-order valence-electron chi connectivity index (χ4n) is 0. The zero-order valence-corrected chi connectivity index (χ0v) is 8.80. The van der Waals surface area contributed by atoms with Gasteiger partial charge in [-0.3, -0.25) is 0 Å². The maximum absolute atomic E-state index is 2.18. The molecule has 0 aromatic carbocycles. The standard InChI is InChI=1S/C3H7.BrH.ClH.Li.Mg/c1-3-2;;;;/h3H,1-2H3;2*1H;;/q;;;2*+1/p-2. The van der Waals surface area contributed by atoms with E-state index in [2.05, 4.69) is 13.8 Å². The predicted molar refractivity (Wildman–Crippen MR) is 20.9 cm³/mol. The minimum atomic E-state index is 0. The van der Waals surface area contributed by atoms with Crippen LogP contribution in [0.5, 0.6) is 0 Å².